The molecule has 0 aromatic heterocycles. The van der Waals surface area contributed by atoms with Gasteiger partial charge in [-0.3, -0.25) is 9.69 Å². The lowest BCUT2D eigenvalue weighted by atomic mass is 9.84. The number of esters is 1. The predicted molar refractivity (Wildman–Crippen MR) is 92.3 cm³/mol. The molecule has 0 fully saturated rings. The van der Waals surface area contributed by atoms with Crippen LogP contribution in [0.1, 0.15) is 17.9 Å². The van der Waals surface area contributed by atoms with E-state index in [1.807, 2.05) is 0 Å². The van der Waals surface area contributed by atoms with E-state index in [4.69, 9.17) is 16.3 Å². The molecule has 0 bridgehead atoms. The topological polar surface area (TPSA) is 66.8 Å². The van der Waals surface area contributed by atoms with Gasteiger partial charge < -0.3 is 9.84 Å². The van der Waals surface area contributed by atoms with Gasteiger partial charge in [0.25, 0.3) is 0 Å². The second-order valence-electron chi connectivity index (χ2n) is 6.11. The minimum atomic E-state index is -0.588. The molecule has 0 spiro atoms. The Kier molecular flexibility index (Phi) is 3.92. The van der Waals surface area contributed by atoms with Crippen LogP contribution in [0.4, 0.5) is 10.1 Å². The molecule has 26 heavy (non-hydrogen) atoms. The van der Waals surface area contributed by atoms with Crippen molar-refractivity contribution in [2.45, 2.75) is 12.3 Å². The van der Waals surface area contributed by atoms with E-state index in [0.717, 1.165) is 5.56 Å². The number of aromatic hydroxyl groups is 1. The average Bonchev–Trinajstić information content (AvgIpc) is 2.99. The molecule has 0 radical (unpaired) electrons. The molecule has 2 heterocycles. The number of carbonyl (C=O) groups excluding carboxylic acids is 2. The van der Waals surface area contributed by atoms with Crippen molar-refractivity contribution in [3.05, 3.63) is 70.1 Å². The summed E-state index contributed by atoms with van der Waals surface area (Å²) in [5, 5.41) is 9.36. The molecule has 2 aromatic carbocycles. The van der Waals surface area contributed by atoms with Gasteiger partial charge in [-0.2, -0.15) is 0 Å². The summed E-state index contributed by atoms with van der Waals surface area (Å²) in [7, 11) is 0. The minimum absolute atomic E-state index is 0.0382. The molecule has 0 saturated carbocycles. The molecule has 0 saturated heterocycles. The van der Waals surface area contributed by atoms with Crippen molar-refractivity contribution in [1.82, 2.24) is 0 Å². The number of amides is 1. The van der Waals surface area contributed by atoms with E-state index < -0.39 is 17.7 Å². The molecule has 132 valence electrons. The summed E-state index contributed by atoms with van der Waals surface area (Å²) >= 11 is 5.84. The first-order valence-corrected chi connectivity index (χ1v) is 8.30. The molecule has 1 atom stereocenters. The van der Waals surface area contributed by atoms with E-state index in [9.17, 15) is 19.1 Å². The van der Waals surface area contributed by atoms with Crippen molar-refractivity contribution in [1.29, 1.82) is 0 Å². The van der Waals surface area contributed by atoms with E-state index >= 15 is 0 Å². The molecule has 2 aromatic rings. The van der Waals surface area contributed by atoms with Crippen molar-refractivity contribution in [3.8, 4) is 5.75 Å². The van der Waals surface area contributed by atoms with Crippen LogP contribution in [0.2, 0.25) is 5.02 Å². The number of phenols is 1. The fourth-order valence-corrected chi connectivity index (χ4v) is 3.54. The van der Waals surface area contributed by atoms with Crippen LogP contribution in [0.5, 0.6) is 5.75 Å². The third-order valence-corrected chi connectivity index (χ3v) is 4.86. The highest BCUT2D eigenvalue weighted by Gasteiger charge is 2.43. The van der Waals surface area contributed by atoms with E-state index in [-0.39, 0.29) is 29.7 Å². The molecule has 5 nitrogen and oxygen atoms in total. The zero-order valence-corrected chi connectivity index (χ0v) is 14.2. The number of hydrogen-bond donors (Lipinski definition) is 1. The van der Waals surface area contributed by atoms with Gasteiger partial charge in [0.15, 0.2) is 0 Å². The fourth-order valence-electron chi connectivity index (χ4n) is 3.37. The standard InChI is InChI=1S/C19H13ClFNO4/c20-14-7-11(3-6-15(14)21)22-16-9-26-19(25)18(16)13(8-17(22)24)10-1-4-12(23)5-2-10/h1-7,13,23H,8-9H2/t13-/m1/s1. The van der Waals surface area contributed by atoms with Gasteiger partial charge in [0.05, 0.1) is 22.0 Å². The lowest BCUT2D eigenvalue weighted by molar-refractivity contribution is -0.136. The number of carbonyl (C=O) groups is 2. The van der Waals surface area contributed by atoms with E-state index in [1.54, 1.807) is 12.1 Å². The van der Waals surface area contributed by atoms with Gasteiger partial charge in [-0.15, -0.1) is 0 Å². The Morgan fingerprint density at radius 2 is 1.88 bits per heavy atom. The van der Waals surface area contributed by atoms with Crippen LogP contribution in [-0.2, 0) is 14.3 Å². The van der Waals surface area contributed by atoms with Crippen LogP contribution in [0, 0.1) is 5.82 Å². The Morgan fingerprint density at radius 1 is 1.15 bits per heavy atom. The second-order valence-corrected chi connectivity index (χ2v) is 6.52. The number of benzene rings is 2. The van der Waals surface area contributed by atoms with Gasteiger partial charge >= 0.3 is 5.97 Å². The Balaban J connectivity index is 1.82. The highest BCUT2D eigenvalue weighted by Crippen LogP contribution is 2.42. The molecule has 1 amide bonds. The van der Waals surface area contributed by atoms with Crippen LogP contribution in [0.25, 0.3) is 0 Å². The molecule has 2 aliphatic heterocycles. The number of cyclic esters (lactones) is 1. The molecule has 0 unspecified atom stereocenters. The molecule has 2 aliphatic rings. The number of nitrogens with zero attached hydrogens (tertiary/aromatic N) is 1. The number of hydrogen-bond acceptors (Lipinski definition) is 4. The smallest absolute Gasteiger partial charge is 0.336 e. The molecule has 7 heteroatoms. The Hall–Kier alpha value is -2.86. The van der Waals surface area contributed by atoms with E-state index in [1.165, 1.54) is 35.2 Å². The summed E-state index contributed by atoms with van der Waals surface area (Å²) in [6.45, 7) is -0.0382. The lowest BCUT2D eigenvalue weighted by Gasteiger charge is -2.32. The first-order valence-electron chi connectivity index (χ1n) is 7.93. The molecular weight excluding hydrogens is 361 g/mol. The maximum atomic E-state index is 13.5. The van der Waals surface area contributed by atoms with Crippen molar-refractivity contribution in [3.63, 3.8) is 0 Å². The summed E-state index contributed by atoms with van der Waals surface area (Å²) < 4.78 is 18.6. The number of phenolic OH excluding ortho intramolecular Hbond substituents is 1. The summed E-state index contributed by atoms with van der Waals surface area (Å²) in [6.07, 6.45) is 0.0493. The summed E-state index contributed by atoms with van der Waals surface area (Å²) in [5.74, 6) is -1.68. The van der Waals surface area contributed by atoms with Crippen molar-refractivity contribution >= 4 is 29.2 Å². The monoisotopic (exact) mass is 373 g/mol. The second kappa shape index (κ2) is 6.14. The Morgan fingerprint density at radius 3 is 2.58 bits per heavy atom. The number of halogens is 2. The number of ether oxygens (including phenoxy) is 1. The van der Waals surface area contributed by atoms with Gasteiger partial charge in [0, 0.05) is 12.3 Å². The lowest BCUT2D eigenvalue weighted by Crippen LogP contribution is -2.37. The molecular formula is C19H13ClFNO4. The Bertz CT molecular complexity index is 955. The molecule has 1 N–H and O–H groups in total. The first-order chi connectivity index (χ1) is 12.5. The van der Waals surface area contributed by atoms with Crippen LogP contribution < -0.4 is 4.90 Å². The molecule has 4 rings (SSSR count). The summed E-state index contributed by atoms with van der Waals surface area (Å²) in [6, 6.07) is 10.3. The zero-order chi connectivity index (χ0) is 18.4. The van der Waals surface area contributed by atoms with Gasteiger partial charge in [-0.05, 0) is 35.9 Å². The van der Waals surface area contributed by atoms with Crippen molar-refractivity contribution < 1.29 is 23.8 Å². The van der Waals surface area contributed by atoms with E-state index in [2.05, 4.69) is 0 Å². The van der Waals surface area contributed by atoms with Gasteiger partial charge in [-0.25, -0.2) is 9.18 Å². The predicted octanol–water partition coefficient (Wildman–Crippen LogP) is 3.52. The van der Waals surface area contributed by atoms with Gasteiger partial charge in [0.2, 0.25) is 5.91 Å². The highest BCUT2D eigenvalue weighted by molar-refractivity contribution is 6.31. The largest absolute Gasteiger partial charge is 0.508 e. The highest BCUT2D eigenvalue weighted by atomic mass is 35.5. The third-order valence-electron chi connectivity index (χ3n) is 4.57. The molecule has 0 aliphatic carbocycles. The quantitative estimate of drug-likeness (QED) is 0.818. The normalized spacial score (nSPS) is 19.6. The number of anilines is 1. The van der Waals surface area contributed by atoms with Gasteiger partial charge in [-0.1, -0.05) is 23.7 Å². The SMILES string of the molecule is O=C1OCC2=C1[C@@H](c1ccc(O)cc1)CC(=O)N2c1ccc(F)c(Cl)c1. The van der Waals surface area contributed by atoms with Crippen LogP contribution in [0.3, 0.4) is 0 Å². The minimum Gasteiger partial charge on any atom is -0.508 e. The van der Waals surface area contributed by atoms with Crippen LogP contribution in [0.15, 0.2) is 53.7 Å². The van der Waals surface area contributed by atoms with Crippen LogP contribution in [-0.4, -0.2) is 23.6 Å². The fraction of sp³-hybridized carbons (Fsp3) is 0.158. The van der Waals surface area contributed by atoms with Crippen molar-refractivity contribution in [2.75, 3.05) is 11.5 Å². The first kappa shape index (κ1) is 16.6. The average molecular weight is 374 g/mol. The maximum Gasteiger partial charge on any atom is 0.336 e. The van der Waals surface area contributed by atoms with Crippen LogP contribution >= 0.6 is 11.6 Å². The van der Waals surface area contributed by atoms with Gasteiger partial charge in [0.1, 0.15) is 18.2 Å². The zero-order valence-electron chi connectivity index (χ0n) is 13.4. The Labute approximate surface area is 153 Å². The van der Waals surface area contributed by atoms with Crippen molar-refractivity contribution in [2.24, 2.45) is 0 Å². The number of rotatable bonds is 2. The summed E-state index contributed by atoms with van der Waals surface area (Å²) in [4.78, 5) is 26.5. The summed E-state index contributed by atoms with van der Waals surface area (Å²) in [5.41, 5.74) is 1.96. The third kappa shape index (κ3) is 2.63. The maximum absolute atomic E-state index is 13.5. The van der Waals surface area contributed by atoms with E-state index in [0.29, 0.717) is 17.0 Å².